The summed E-state index contributed by atoms with van der Waals surface area (Å²) in [5, 5.41) is 5.54. The number of carbonyl (C=O) groups is 2. The number of ether oxygens (including phenoxy) is 2. The standard InChI is InChI=1S/C20H18N2O4S/c1-13-21-15(12-27-13)11-19(23)26-16-9-7-14(8-10-16)22-20(24)17-5-3-4-6-18(17)25-2/h3-10,12H,11H2,1-2H3,(H,22,24). The summed E-state index contributed by atoms with van der Waals surface area (Å²) in [6.07, 6.45) is 0.122. The number of hydrogen-bond donors (Lipinski definition) is 1. The normalized spacial score (nSPS) is 10.3. The summed E-state index contributed by atoms with van der Waals surface area (Å²) < 4.78 is 10.5. The lowest BCUT2D eigenvalue weighted by Crippen LogP contribution is -2.13. The van der Waals surface area contributed by atoms with E-state index in [4.69, 9.17) is 9.47 Å². The number of methoxy groups -OCH3 is 1. The molecule has 1 aromatic heterocycles. The molecule has 0 spiro atoms. The monoisotopic (exact) mass is 382 g/mol. The molecule has 7 heteroatoms. The van der Waals surface area contributed by atoms with Crippen LogP contribution in [-0.2, 0) is 11.2 Å². The molecule has 0 aliphatic heterocycles. The number of amides is 1. The van der Waals surface area contributed by atoms with Gasteiger partial charge in [0.1, 0.15) is 11.5 Å². The molecule has 0 bridgehead atoms. The van der Waals surface area contributed by atoms with Gasteiger partial charge in [-0.15, -0.1) is 11.3 Å². The summed E-state index contributed by atoms with van der Waals surface area (Å²) >= 11 is 1.49. The number of nitrogens with one attached hydrogen (secondary N) is 1. The van der Waals surface area contributed by atoms with E-state index in [1.54, 1.807) is 48.5 Å². The van der Waals surface area contributed by atoms with Crippen LogP contribution in [0.15, 0.2) is 53.9 Å². The number of para-hydroxylation sites is 1. The summed E-state index contributed by atoms with van der Waals surface area (Å²) in [6, 6.07) is 13.6. The second-order valence-corrected chi connectivity index (χ2v) is 6.75. The lowest BCUT2D eigenvalue weighted by atomic mass is 10.2. The first-order valence-electron chi connectivity index (χ1n) is 8.21. The second kappa shape index (κ2) is 8.46. The minimum Gasteiger partial charge on any atom is -0.496 e. The molecule has 3 aromatic rings. The SMILES string of the molecule is COc1ccccc1C(=O)Nc1ccc(OC(=O)Cc2csc(C)n2)cc1. The molecule has 0 aliphatic carbocycles. The molecule has 1 heterocycles. The summed E-state index contributed by atoms with van der Waals surface area (Å²) in [7, 11) is 1.52. The average molecular weight is 382 g/mol. The highest BCUT2D eigenvalue weighted by Crippen LogP contribution is 2.21. The minimum absolute atomic E-state index is 0.122. The van der Waals surface area contributed by atoms with Gasteiger partial charge in [0.15, 0.2) is 0 Å². The number of rotatable bonds is 6. The van der Waals surface area contributed by atoms with Gasteiger partial charge in [-0.25, -0.2) is 4.98 Å². The number of anilines is 1. The van der Waals surface area contributed by atoms with Crippen LogP contribution >= 0.6 is 11.3 Å². The van der Waals surface area contributed by atoms with Gasteiger partial charge in [-0.2, -0.15) is 0 Å². The largest absolute Gasteiger partial charge is 0.496 e. The van der Waals surface area contributed by atoms with Crippen molar-refractivity contribution in [2.45, 2.75) is 13.3 Å². The van der Waals surface area contributed by atoms with E-state index in [1.165, 1.54) is 18.4 Å². The van der Waals surface area contributed by atoms with Crippen molar-refractivity contribution in [3.63, 3.8) is 0 Å². The van der Waals surface area contributed by atoms with E-state index >= 15 is 0 Å². The smallest absolute Gasteiger partial charge is 0.317 e. The van der Waals surface area contributed by atoms with Crippen molar-refractivity contribution in [1.29, 1.82) is 0 Å². The molecule has 138 valence electrons. The van der Waals surface area contributed by atoms with Gasteiger partial charge in [0, 0.05) is 11.1 Å². The Bertz CT molecular complexity index is 951. The van der Waals surface area contributed by atoms with E-state index in [1.807, 2.05) is 12.3 Å². The van der Waals surface area contributed by atoms with Gasteiger partial charge in [0.2, 0.25) is 0 Å². The second-order valence-electron chi connectivity index (χ2n) is 5.69. The molecule has 0 aliphatic rings. The molecule has 0 unspecified atom stereocenters. The Labute approximate surface area is 160 Å². The van der Waals surface area contributed by atoms with Gasteiger partial charge < -0.3 is 14.8 Å². The van der Waals surface area contributed by atoms with Gasteiger partial charge in [-0.05, 0) is 43.3 Å². The predicted molar refractivity (Wildman–Crippen MR) is 104 cm³/mol. The number of benzene rings is 2. The lowest BCUT2D eigenvalue weighted by Gasteiger charge is -2.09. The summed E-state index contributed by atoms with van der Waals surface area (Å²) in [5.74, 6) is 0.238. The molecular formula is C20H18N2O4S. The van der Waals surface area contributed by atoms with Crippen molar-refractivity contribution in [2.24, 2.45) is 0 Å². The Morgan fingerprint density at radius 2 is 1.85 bits per heavy atom. The molecular weight excluding hydrogens is 364 g/mol. The van der Waals surface area contributed by atoms with E-state index in [-0.39, 0.29) is 18.3 Å². The molecule has 0 saturated heterocycles. The van der Waals surface area contributed by atoms with E-state index in [9.17, 15) is 9.59 Å². The third-order valence-electron chi connectivity index (χ3n) is 3.69. The summed E-state index contributed by atoms with van der Waals surface area (Å²) in [6.45, 7) is 1.89. The van der Waals surface area contributed by atoms with Crippen LogP contribution in [0.25, 0.3) is 0 Å². The Morgan fingerprint density at radius 1 is 1.11 bits per heavy atom. The Balaban J connectivity index is 1.60. The first-order valence-corrected chi connectivity index (χ1v) is 9.09. The Kier molecular flexibility index (Phi) is 5.83. The zero-order valence-electron chi connectivity index (χ0n) is 14.9. The van der Waals surface area contributed by atoms with Gasteiger partial charge in [-0.1, -0.05) is 12.1 Å². The number of nitrogens with zero attached hydrogens (tertiary/aromatic N) is 1. The van der Waals surface area contributed by atoms with E-state index in [0.717, 1.165) is 5.01 Å². The third kappa shape index (κ3) is 4.92. The van der Waals surface area contributed by atoms with Crippen molar-refractivity contribution in [3.8, 4) is 11.5 Å². The number of esters is 1. The van der Waals surface area contributed by atoms with Crippen LogP contribution in [0.4, 0.5) is 5.69 Å². The minimum atomic E-state index is -0.383. The predicted octanol–water partition coefficient (Wildman–Crippen LogP) is 3.86. The van der Waals surface area contributed by atoms with Gasteiger partial charge in [0.25, 0.3) is 5.91 Å². The molecule has 3 rings (SSSR count). The van der Waals surface area contributed by atoms with Crippen LogP contribution in [-0.4, -0.2) is 24.0 Å². The van der Waals surface area contributed by atoms with Crippen LogP contribution < -0.4 is 14.8 Å². The maximum absolute atomic E-state index is 12.4. The number of thiazole rings is 1. The van der Waals surface area contributed by atoms with Gasteiger partial charge in [-0.3, -0.25) is 9.59 Å². The number of aromatic nitrogens is 1. The van der Waals surface area contributed by atoms with Crippen molar-refractivity contribution in [2.75, 3.05) is 12.4 Å². The van der Waals surface area contributed by atoms with Crippen molar-refractivity contribution in [1.82, 2.24) is 4.98 Å². The highest BCUT2D eigenvalue weighted by molar-refractivity contribution is 7.09. The molecule has 2 aromatic carbocycles. The first-order chi connectivity index (χ1) is 13.0. The van der Waals surface area contributed by atoms with Gasteiger partial charge >= 0.3 is 5.97 Å². The number of carbonyl (C=O) groups excluding carboxylic acids is 2. The maximum Gasteiger partial charge on any atom is 0.317 e. The molecule has 27 heavy (non-hydrogen) atoms. The average Bonchev–Trinajstić information content (AvgIpc) is 3.07. The van der Waals surface area contributed by atoms with Crippen LogP contribution in [0.1, 0.15) is 21.1 Å². The molecule has 1 N–H and O–H groups in total. The van der Waals surface area contributed by atoms with Crippen LogP contribution in [0, 0.1) is 6.92 Å². The lowest BCUT2D eigenvalue weighted by molar-refractivity contribution is -0.133. The first kappa shape index (κ1) is 18.6. The van der Waals surface area contributed by atoms with Gasteiger partial charge in [0.05, 0.1) is 29.8 Å². The van der Waals surface area contributed by atoms with E-state index < -0.39 is 0 Å². The van der Waals surface area contributed by atoms with Crippen LogP contribution in [0.3, 0.4) is 0 Å². The highest BCUT2D eigenvalue weighted by Gasteiger charge is 2.12. The molecule has 6 nitrogen and oxygen atoms in total. The molecule has 0 radical (unpaired) electrons. The number of hydrogen-bond acceptors (Lipinski definition) is 6. The van der Waals surface area contributed by atoms with Crippen LogP contribution in [0.2, 0.25) is 0 Å². The topological polar surface area (TPSA) is 77.5 Å². The highest BCUT2D eigenvalue weighted by atomic mass is 32.1. The molecule has 1 amide bonds. The fourth-order valence-corrected chi connectivity index (χ4v) is 3.05. The zero-order chi connectivity index (χ0) is 19.2. The quantitative estimate of drug-likeness (QED) is 0.517. The van der Waals surface area contributed by atoms with E-state index in [2.05, 4.69) is 10.3 Å². The fraction of sp³-hybridized carbons (Fsp3) is 0.150. The maximum atomic E-state index is 12.4. The Morgan fingerprint density at radius 3 is 2.52 bits per heavy atom. The zero-order valence-corrected chi connectivity index (χ0v) is 15.7. The Hall–Kier alpha value is -3.19. The molecule has 0 fully saturated rings. The molecule has 0 saturated carbocycles. The van der Waals surface area contributed by atoms with Crippen molar-refractivity contribution >= 4 is 28.9 Å². The van der Waals surface area contributed by atoms with Crippen molar-refractivity contribution in [3.05, 3.63) is 70.2 Å². The summed E-state index contributed by atoms with van der Waals surface area (Å²) in [4.78, 5) is 28.6. The number of aryl methyl sites for hydroxylation is 1. The van der Waals surface area contributed by atoms with Crippen molar-refractivity contribution < 1.29 is 19.1 Å². The summed E-state index contributed by atoms with van der Waals surface area (Å²) in [5.41, 5.74) is 1.72. The third-order valence-corrected chi connectivity index (χ3v) is 4.51. The van der Waals surface area contributed by atoms with Crippen LogP contribution in [0.5, 0.6) is 11.5 Å². The van der Waals surface area contributed by atoms with E-state index in [0.29, 0.717) is 28.4 Å². The fourth-order valence-electron chi connectivity index (χ4n) is 2.44. The molecule has 0 atom stereocenters.